The van der Waals surface area contributed by atoms with Gasteiger partial charge < -0.3 is 4.90 Å². The zero-order valence-corrected chi connectivity index (χ0v) is 17.2. The lowest BCUT2D eigenvalue weighted by Gasteiger charge is -2.44. The molecule has 0 bridgehead atoms. The lowest BCUT2D eigenvalue weighted by molar-refractivity contribution is -0.131. The number of hydrogen-bond acceptors (Lipinski definition) is 2. The number of halogens is 2. The molecule has 1 aliphatic rings. The molecule has 3 nitrogen and oxygen atoms in total. The number of hydrogen-bond donors (Lipinski definition) is 0. The lowest BCUT2D eigenvalue weighted by Crippen LogP contribution is -2.57. The van der Waals surface area contributed by atoms with Gasteiger partial charge in [0, 0.05) is 42.3 Å². The van der Waals surface area contributed by atoms with Crippen molar-refractivity contribution in [2.75, 3.05) is 13.1 Å². The van der Waals surface area contributed by atoms with Gasteiger partial charge in [0.15, 0.2) is 0 Å². The van der Waals surface area contributed by atoms with Crippen molar-refractivity contribution >= 4 is 27.9 Å². The van der Waals surface area contributed by atoms with Crippen LogP contribution in [-0.2, 0) is 11.3 Å². The minimum atomic E-state index is -0.215. The van der Waals surface area contributed by atoms with E-state index in [1.165, 1.54) is 12.1 Å². The van der Waals surface area contributed by atoms with Gasteiger partial charge in [0.05, 0.1) is 0 Å². The SMILES string of the molecule is C[C@@H]1CN(C(=O)/C=C/c2ccc(Br)cc2)[C@@H](C)CN1Cc1ccc(F)cc1. The summed E-state index contributed by atoms with van der Waals surface area (Å²) in [5, 5.41) is 0. The summed E-state index contributed by atoms with van der Waals surface area (Å²) < 4.78 is 14.1. The van der Waals surface area contributed by atoms with E-state index in [2.05, 4.69) is 34.7 Å². The molecule has 0 unspecified atom stereocenters. The molecule has 1 amide bonds. The fourth-order valence-electron chi connectivity index (χ4n) is 3.39. The zero-order valence-electron chi connectivity index (χ0n) is 15.6. The van der Waals surface area contributed by atoms with Gasteiger partial charge in [-0.25, -0.2) is 4.39 Å². The molecule has 0 aliphatic carbocycles. The van der Waals surface area contributed by atoms with Gasteiger partial charge in [0.25, 0.3) is 0 Å². The molecule has 2 aromatic rings. The van der Waals surface area contributed by atoms with Gasteiger partial charge in [-0.3, -0.25) is 9.69 Å². The van der Waals surface area contributed by atoms with E-state index < -0.39 is 0 Å². The lowest BCUT2D eigenvalue weighted by atomic mass is 10.1. The number of carbonyl (C=O) groups is 1. The summed E-state index contributed by atoms with van der Waals surface area (Å²) in [5.74, 6) is -0.174. The minimum Gasteiger partial charge on any atom is -0.334 e. The van der Waals surface area contributed by atoms with E-state index in [0.717, 1.165) is 28.7 Å². The van der Waals surface area contributed by atoms with Crippen LogP contribution in [0.4, 0.5) is 4.39 Å². The second-order valence-electron chi connectivity index (χ2n) is 7.13. The average molecular weight is 431 g/mol. The minimum absolute atomic E-state index is 0.0405. The molecule has 1 heterocycles. The Bertz CT molecular complexity index is 804. The van der Waals surface area contributed by atoms with Gasteiger partial charge in [-0.05, 0) is 55.3 Å². The largest absolute Gasteiger partial charge is 0.334 e. The number of rotatable bonds is 4. The molecule has 2 atom stereocenters. The average Bonchev–Trinajstić information content (AvgIpc) is 2.65. The molecule has 0 spiro atoms. The summed E-state index contributed by atoms with van der Waals surface area (Å²) in [6, 6.07) is 14.9. The molecule has 142 valence electrons. The molecule has 0 N–H and O–H groups in total. The first-order valence-corrected chi connectivity index (χ1v) is 9.94. The molecule has 27 heavy (non-hydrogen) atoms. The van der Waals surface area contributed by atoms with Gasteiger partial charge in [-0.2, -0.15) is 0 Å². The van der Waals surface area contributed by atoms with Crippen LogP contribution in [0.15, 0.2) is 59.1 Å². The highest BCUT2D eigenvalue weighted by atomic mass is 79.9. The number of nitrogens with zero attached hydrogens (tertiary/aromatic N) is 2. The van der Waals surface area contributed by atoms with Crippen LogP contribution in [0.1, 0.15) is 25.0 Å². The Hall–Kier alpha value is -1.98. The third-order valence-corrected chi connectivity index (χ3v) is 5.51. The summed E-state index contributed by atoms with van der Waals surface area (Å²) in [6.07, 6.45) is 3.51. The maximum atomic E-state index is 13.1. The third kappa shape index (κ3) is 5.27. The molecule has 2 aromatic carbocycles. The molecule has 1 fully saturated rings. The standard InChI is InChI=1S/C22H24BrFN2O/c1-16-14-26(22(27)12-7-18-3-8-20(23)9-4-18)17(2)13-25(16)15-19-5-10-21(24)11-6-19/h3-12,16-17H,13-15H2,1-2H3/b12-7+/t16-,17+/m1/s1. The molecule has 0 saturated carbocycles. The van der Waals surface area contributed by atoms with Gasteiger partial charge in [0.2, 0.25) is 5.91 Å². The first kappa shape index (κ1) is 19.8. The van der Waals surface area contributed by atoms with Crippen molar-refractivity contribution in [3.05, 3.63) is 76.0 Å². The smallest absolute Gasteiger partial charge is 0.246 e. The van der Waals surface area contributed by atoms with Gasteiger partial charge >= 0.3 is 0 Å². The van der Waals surface area contributed by atoms with Crippen LogP contribution in [0.2, 0.25) is 0 Å². The van der Waals surface area contributed by atoms with Crippen molar-refractivity contribution in [3.63, 3.8) is 0 Å². The fourth-order valence-corrected chi connectivity index (χ4v) is 3.65. The fraction of sp³-hybridized carbons (Fsp3) is 0.318. The Kier molecular flexibility index (Phi) is 6.45. The Morgan fingerprint density at radius 1 is 1.07 bits per heavy atom. The molecule has 0 radical (unpaired) electrons. The van der Waals surface area contributed by atoms with Gasteiger partial charge in [-0.15, -0.1) is 0 Å². The molecule has 1 aliphatic heterocycles. The predicted octanol–water partition coefficient (Wildman–Crippen LogP) is 4.72. The Morgan fingerprint density at radius 3 is 2.41 bits per heavy atom. The number of carbonyl (C=O) groups excluding carboxylic acids is 1. The summed E-state index contributed by atoms with van der Waals surface area (Å²) in [6.45, 7) is 6.47. The van der Waals surface area contributed by atoms with E-state index in [-0.39, 0.29) is 23.8 Å². The van der Waals surface area contributed by atoms with E-state index in [4.69, 9.17) is 0 Å². The van der Waals surface area contributed by atoms with Crippen molar-refractivity contribution in [1.29, 1.82) is 0 Å². The van der Waals surface area contributed by atoms with Crippen LogP contribution in [0, 0.1) is 5.82 Å². The first-order chi connectivity index (χ1) is 12.9. The van der Waals surface area contributed by atoms with Crippen LogP contribution in [-0.4, -0.2) is 40.9 Å². The second kappa shape index (κ2) is 8.81. The van der Waals surface area contributed by atoms with Crippen molar-refractivity contribution in [3.8, 4) is 0 Å². The summed E-state index contributed by atoms with van der Waals surface area (Å²) in [7, 11) is 0. The highest BCUT2D eigenvalue weighted by molar-refractivity contribution is 9.10. The van der Waals surface area contributed by atoms with Crippen LogP contribution in [0.3, 0.4) is 0 Å². The maximum Gasteiger partial charge on any atom is 0.246 e. The molecule has 0 aromatic heterocycles. The maximum absolute atomic E-state index is 13.1. The summed E-state index contributed by atoms with van der Waals surface area (Å²) in [4.78, 5) is 16.9. The zero-order chi connectivity index (χ0) is 19.4. The van der Waals surface area contributed by atoms with Crippen LogP contribution in [0.25, 0.3) is 6.08 Å². The summed E-state index contributed by atoms with van der Waals surface area (Å²) in [5.41, 5.74) is 2.09. The van der Waals surface area contributed by atoms with E-state index >= 15 is 0 Å². The second-order valence-corrected chi connectivity index (χ2v) is 8.05. The predicted molar refractivity (Wildman–Crippen MR) is 111 cm³/mol. The molecular weight excluding hydrogens is 407 g/mol. The number of piperazine rings is 1. The first-order valence-electron chi connectivity index (χ1n) is 9.15. The molecular formula is C22H24BrFN2O. The van der Waals surface area contributed by atoms with Crippen LogP contribution in [0.5, 0.6) is 0 Å². The van der Waals surface area contributed by atoms with Crippen LogP contribution >= 0.6 is 15.9 Å². The number of amides is 1. The topological polar surface area (TPSA) is 23.6 Å². The van der Waals surface area contributed by atoms with Crippen molar-refractivity contribution < 1.29 is 9.18 Å². The van der Waals surface area contributed by atoms with Crippen molar-refractivity contribution in [2.24, 2.45) is 0 Å². The highest BCUT2D eigenvalue weighted by Gasteiger charge is 2.30. The Morgan fingerprint density at radius 2 is 1.74 bits per heavy atom. The van der Waals surface area contributed by atoms with Gasteiger partial charge in [-0.1, -0.05) is 40.2 Å². The quantitative estimate of drug-likeness (QED) is 0.654. The Balaban J connectivity index is 1.61. The molecule has 3 rings (SSSR count). The molecule has 5 heteroatoms. The molecule has 1 saturated heterocycles. The van der Waals surface area contributed by atoms with Crippen LogP contribution < -0.4 is 0 Å². The van der Waals surface area contributed by atoms with E-state index in [1.54, 1.807) is 6.08 Å². The van der Waals surface area contributed by atoms with Crippen molar-refractivity contribution in [2.45, 2.75) is 32.5 Å². The Labute approximate surface area is 168 Å². The highest BCUT2D eigenvalue weighted by Crippen LogP contribution is 2.19. The number of benzene rings is 2. The van der Waals surface area contributed by atoms with E-state index in [9.17, 15) is 9.18 Å². The van der Waals surface area contributed by atoms with E-state index in [0.29, 0.717) is 6.54 Å². The normalized spacial score (nSPS) is 21.0. The van der Waals surface area contributed by atoms with Gasteiger partial charge in [0.1, 0.15) is 5.82 Å². The summed E-state index contributed by atoms with van der Waals surface area (Å²) >= 11 is 3.41. The van der Waals surface area contributed by atoms with Crippen molar-refractivity contribution in [1.82, 2.24) is 9.80 Å². The monoisotopic (exact) mass is 430 g/mol. The van der Waals surface area contributed by atoms with E-state index in [1.807, 2.05) is 47.4 Å². The third-order valence-electron chi connectivity index (χ3n) is 4.99.